The number of para-hydroxylation sites is 1. The highest BCUT2D eigenvalue weighted by atomic mass is 32.2. The van der Waals surface area contributed by atoms with Gasteiger partial charge < -0.3 is 5.32 Å². The monoisotopic (exact) mass is 260 g/mol. The van der Waals surface area contributed by atoms with Crippen LogP contribution in [0, 0.1) is 6.92 Å². The zero-order valence-corrected chi connectivity index (χ0v) is 12.3. The van der Waals surface area contributed by atoms with Crippen LogP contribution in [0.3, 0.4) is 0 Å². The van der Waals surface area contributed by atoms with Crippen molar-refractivity contribution >= 4 is 28.5 Å². The highest BCUT2D eigenvalue weighted by molar-refractivity contribution is 7.99. The molecule has 0 atom stereocenters. The van der Waals surface area contributed by atoms with Crippen LogP contribution in [0.1, 0.15) is 19.4 Å². The van der Waals surface area contributed by atoms with Crippen LogP contribution in [0.5, 0.6) is 0 Å². The van der Waals surface area contributed by atoms with Crippen LogP contribution in [-0.2, 0) is 0 Å². The van der Waals surface area contributed by atoms with Gasteiger partial charge in [-0.1, -0.05) is 18.2 Å². The second-order valence-electron chi connectivity index (χ2n) is 5.16. The van der Waals surface area contributed by atoms with E-state index in [0.717, 1.165) is 17.9 Å². The zero-order valence-electron chi connectivity index (χ0n) is 11.4. The minimum Gasteiger partial charge on any atom is -0.368 e. The van der Waals surface area contributed by atoms with E-state index in [4.69, 9.17) is 4.98 Å². The standard InChI is InChI=1S/C15H20N2S/c1-11-9-12-7-5-6-8-13(12)17-14(11)16-10-15(2,3)18-4/h5-9H,10H2,1-4H3,(H,16,17). The van der Waals surface area contributed by atoms with Gasteiger partial charge in [0.25, 0.3) is 0 Å². The molecule has 0 bridgehead atoms. The Balaban J connectivity index is 2.25. The minimum atomic E-state index is 0.222. The van der Waals surface area contributed by atoms with Gasteiger partial charge in [-0.25, -0.2) is 4.98 Å². The molecule has 2 nitrogen and oxygen atoms in total. The molecule has 0 radical (unpaired) electrons. The molecule has 18 heavy (non-hydrogen) atoms. The van der Waals surface area contributed by atoms with E-state index in [-0.39, 0.29) is 4.75 Å². The highest BCUT2D eigenvalue weighted by Crippen LogP contribution is 2.24. The maximum absolute atomic E-state index is 4.69. The van der Waals surface area contributed by atoms with E-state index in [1.807, 2.05) is 23.9 Å². The van der Waals surface area contributed by atoms with Crippen LogP contribution >= 0.6 is 11.8 Å². The molecule has 2 aromatic rings. The maximum Gasteiger partial charge on any atom is 0.129 e. The number of aryl methyl sites for hydroxylation is 1. The molecule has 0 saturated heterocycles. The summed E-state index contributed by atoms with van der Waals surface area (Å²) in [6, 6.07) is 10.4. The Morgan fingerprint density at radius 3 is 2.72 bits per heavy atom. The van der Waals surface area contributed by atoms with E-state index in [9.17, 15) is 0 Å². The molecular weight excluding hydrogens is 240 g/mol. The van der Waals surface area contributed by atoms with Crippen molar-refractivity contribution in [3.05, 3.63) is 35.9 Å². The Morgan fingerprint density at radius 2 is 2.00 bits per heavy atom. The predicted octanol–water partition coefficient (Wildman–Crippen LogP) is 4.10. The lowest BCUT2D eigenvalue weighted by Crippen LogP contribution is -2.26. The third-order valence-corrected chi connectivity index (χ3v) is 4.40. The fourth-order valence-electron chi connectivity index (χ4n) is 1.77. The molecule has 2 rings (SSSR count). The van der Waals surface area contributed by atoms with Crippen LogP contribution in [0.15, 0.2) is 30.3 Å². The summed E-state index contributed by atoms with van der Waals surface area (Å²) in [5.74, 6) is 0.996. The van der Waals surface area contributed by atoms with E-state index < -0.39 is 0 Å². The first-order valence-corrected chi connectivity index (χ1v) is 7.40. The summed E-state index contributed by atoms with van der Waals surface area (Å²) >= 11 is 1.87. The number of aromatic nitrogens is 1. The van der Waals surface area contributed by atoms with Crippen molar-refractivity contribution in [2.24, 2.45) is 0 Å². The fourth-order valence-corrected chi connectivity index (χ4v) is 1.99. The van der Waals surface area contributed by atoms with Crippen LogP contribution in [0.4, 0.5) is 5.82 Å². The van der Waals surface area contributed by atoms with Gasteiger partial charge >= 0.3 is 0 Å². The van der Waals surface area contributed by atoms with Gasteiger partial charge in [0.15, 0.2) is 0 Å². The number of hydrogen-bond donors (Lipinski definition) is 1. The zero-order chi connectivity index (χ0) is 13.2. The number of hydrogen-bond acceptors (Lipinski definition) is 3. The molecule has 0 saturated carbocycles. The van der Waals surface area contributed by atoms with Gasteiger partial charge in [0.2, 0.25) is 0 Å². The molecule has 0 spiro atoms. The van der Waals surface area contributed by atoms with Crippen LogP contribution < -0.4 is 5.32 Å². The van der Waals surface area contributed by atoms with Gasteiger partial charge in [-0.15, -0.1) is 0 Å². The Morgan fingerprint density at radius 1 is 1.28 bits per heavy atom. The Kier molecular flexibility index (Phi) is 3.81. The molecule has 3 heteroatoms. The molecule has 1 aromatic heterocycles. The maximum atomic E-state index is 4.69. The summed E-state index contributed by atoms with van der Waals surface area (Å²) in [5, 5.41) is 4.66. The number of nitrogens with one attached hydrogen (secondary N) is 1. The van der Waals surface area contributed by atoms with Crippen molar-refractivity contribution in [2.75, 3.05) is 18.1 Å². The van der Waals surface area contributed by atoms with Gasteiger partial charge in [0, 0.05) is 16.7 Å². The van der Waals surface area contributed by atoms with E-state index in [2.05, 4.69) is 50.5 Å². The molecule has 1 aromatic carbocycles. The quantitative estimate of drug-likeness (QED) is 0.896. The lowest BCUT2D eigenvalue weighted by molar-refractivity contribution is 0.750. The molecular formula is C15H20N2S. The molecule has 0 aliphatic heterocycles. The Bertz CT molecular complexity index is 549. The van der Waals surface area contributed by atoms with E-state index in [1.165, 1.54) is 10.9 Å². The van der Waals surface area contributed by atoms with Crippen LogP contribution in [-0.4, -0.2) is 22.5 Å². The number of anilines is 1. The summed E-state index contributed by atoms with van der Waals surface area (Å²) in [4.78, 5) is 4.69. The van der Waals surface area contributed by atoms with Crippen molar-refractivity contribution in [3.63, 3.8) is 0 Å². The summed E-state index contributed by atoms with van der Waals surface area (Å²) in [7, 11) is 0. The number of thioether (sulfide) groups is 1. The third-order valence-electron chi connectivity index (χ3n) is 3.15. The molecule has 0 amide bonds. The van der Waals surface area contributed by atoms with E-state index >= 15 is 0 Å². The fraction of sp³-hybridized carbons (Fsp3) is 0.400. The average Bonchev–Trinajstić information content (AvgIpc) is 2.36. The van der Waals surface area contributed by atoms with Crippen molar-refractivity contribution < 1.29 is 0 Å². The summed E-state index contributed by atoms with van der Waals surface area (Å²) in [5.41, 5.74) is 2.25. The number of fused-ring (bicyclic) bond motifs is 1. The van der Waals surface area contributed by atoms with Crippen molar-refractivity contribution in [1.29, 1.82) is 0 Å². The molecule has 96 valence electrons. The van der Waals surface area contributed by atoms with Gasteiger partial charge in [-0.3, -0.25) is 0 Å². The molecule has 1 N–H and O–H groups in total. The summed E-state index contributed by atoms with van der Waals surface area (Å²) < 4.78 is 0.222. The highest BCUT2D eigenvalue weighted by Gasteiger charge is 2.16. The number of rotatable bonds is 4. The molecule has 0 unspecified atom stereocenters. The summed E-state index contributed by atoms with van der Waals surface area (Å²) in [6.45, 7) is 7.50. The third kappa shape index (κ3) is 2.96. The van der Waals surface area contributed by atoms with Gasteiger partial charge in [-0.05, 0) is 44.7 Å². The number of benzene rings is 1. The van der Waals surface area contributed by atoms with Gasteiger partial charge in [0.05, 0.1) is 5.52 Å². The lowest BCUT2D eigenvalue weighted by Gasteiger charge is -2.23. The number of nitrogens with zero attached hydrogens (tertiary/aromatic N) is 1. The van der Waals surface area contributed by atoms with E-state index in [0.29, 0.717) is 0 Å². The lowest BCUT2D eigenvalue weighted by atomic mass is 10.1. The van der Waals surface area contributed by atoms with Crippen molar-refractivity contribution in [2.45, 2.75) is 25.5 Å². The summed E-state index contributed by atoms with van der Waals surface area (Å²) in [6.07, 6.45) is 2.14. The largest absolute Gasteiger partial charge is 0.368 e. The second kappa shape index (κ2) is 5.19. The predicted molar refractivity (Wildman–Crippen MR) is 82.6 cm³/mol. The Hall–Kier alpha value is -1.22. The first kappa shape index (κ1) is 13.2. The SMILES string of the molecule is CSC(C)(C)CNc1nc2ccccc2cc1C. The van der Waals surface area contributed by atoms with Crippen LogP contribution in [0.25, 0.3) is 10.9 Å². The Labute approximate surface area is 113 Å². The van der Waals surface area contributed by atoms with E-state index in [1.54, 1.807) is 0 Å². The molecule has 0 aliphatic carbocycles. The first-order chi connectivity index (χ1) is 8.52. The molecule has 0 aliphatic rings. The van der Waals surface area contributed by atoms with Crippen molar-refractivity contribution in [1.82, 2.24) is 4.98 Å². The average molecular weight is 260 g/mol. The smallest absolute Gasteiger partial charge is 0.129 e. The van der Waals surface area contributed by atoms with Crippen LogP contribution in [0.2, 0.25) is 0 Å². The molecule has 0 fully saturated rings. The van der Waals surface area contributed by atoms with Gasteiger partial charge in [-0.2, -0.15) is 11.8 Å². The molecule has 1 heterocycles. The normalized spacial score (nSPS) is 11.8. The number of pyridine rings is 1. The topological polar surface area (TPSA) is 24.9 Å². The first-order valence-electron chi connectivity index (χ1n) is 6.17. The second-order valence-corrected chi connectivity index (χ2v) is 6.68. The minimum absolute atomic E-state index is 0.222. The van der Waals surface area contributed by atoms with Crippen molar-refractivity contribution in [3.8, 4) is 0 Å². The van der Waals surface area contributed by atoms with Gasteiger partial charge in [0.1, 0.15) is 5.82 Å².